The van der Waals surface area contributed by atoms with Crippen LogP contribution in [0.15, 0.2) is 72.1 Å². The first-order valence-corrected chi connectivity index (χ1v) is 9.18. The van der Waals surface area contributed by atoms with Gasteiger partial charge in [0, 0.05) is 42.5 Å². The van der Waals surface area contributed by atoms with E-state index in [1.165, 1.54) is 30.0 Å². The lowest BCUT2D eigenvalue weighted by Crippen LogP contribution is -2.15. The molecular formula is C20H17F2N3OS. The average molecular weight is 385 g/mol. The van der Waals surface area contributed by atoms with E-state index in [0.717, 1.165) is 12.5 Å². The van der Waals surface area contributed by atoms with Crippen LogP contribution in [0.1, 0.15) is 28.4 Å². The zero-order valence-electron chi connectivity index (χ0n) is 14.5. The molecule has 0 aliphatic carbocycles. The van der Waals surface area contributed by atoms with Crippen molar-refractivity contribution in [3.63, 3.8) is 0 Å². The molecule has 0 unspecified atom stereocenters. The van der Waals surface area contributed by atoms with Gasteiger partial charge in [-0.15, -0.1) is 11.8 Å². The number of carbonyl (C=O) groups excluding carboxylic acids is 1. The number of hydrogen-bond acceptors (Lipinski definition) is 4. The molecule has 27 heavy (non-hydrogen) atoms. The third-order valence-corrected chi connectivity index (χ3v) is 4.84. The smallest absolute Gasteiger partial charge is 0.270 e. The molecular weight excluding hydrogens is 368 g/mol. The van der Waals surface area contributed by atoms with Crippen molar-refractivity contribution in [3.8, 4) is 0 Å². The van der Waals surface area contributed by atoms with Crippen molar-refractivity contribution < 1.29 is 13.6 Å². The summed E-state index contributed by atoms with van der Waals surface area (Å²) >= 11 is 1.43. The minimum absolute atomic E-state index is 0.154. The molecule has 0 atom stereocenters. The minimum Gasteiger partial charge on any atom is -0.322 e. The molecule has 1 N–H and O–H groups in total. The van der Waals surface area contributed by atoms with Crippen LogP contribution in [0.4, 0.5) is 14.5 Å². The second kappa shape index (κ2) is 8.26. The molecule has 2 aromatic heterocycles. The Morgan fingerprint density at radius 2 is 1.89 bits per heavy atom. The number of anilines is 1. The number of nitrogens with zero attached hydrogens (tertiary/aromatic N) is 2. The summed E-state index contributed by atoms with van der Waals surface area (Å²) in [5, 5.41) is 3.25. The first kappa shape index (κ1) is 19.0. The fourth-order valence-electron chi connectivity index (χ4n) is 2.38. The number of amides is 1. The van der Waals surface area contributed by atoms with Gasteiger partial charge in [-0.1, -0.05) is 12.1 Å². The maximum absolute atomic E-state index is 13.5. The van der Waals surface area contributed by atoms with Crippen LogP contribution in [-0.2, 0) is 11.7 Å². The molecule has 4 nitrogen and oxygen atoms in total. The van der Waals surface area contributed by atoms with Crippen molar-refractivity contribution in [1.29, 1.82) is 0 Å². The van der Waals surface area contributed by atoms with E-state index in [1.54, 1.807) is 36.8 Å². The molecule has 0 aliphatic heterocycles. The molecule has 0 fully saturated rings. The summed E-state index contributed by atoms with van der Waals surface area (Å²) in [5.41, 5.74) is 1.61. The summed E-state index contributed by atoms with van der Waals surface area (Å²) < 4.78 is 27.0. The molecule has 0 bridgehead atoms. The molecule has 2 heterocycles. The summed E-state index contributed by atoms with van der Waals surface area (Å²) in [5.74, 6) is -2.73. The monoisotopic (exact) mass is 385 g/mol. The van der Waals surface area contributed by atoms with Crippen LogP contribution in [0.3, 0.4) is 0 Å². The molecule has 0 saturated carbocycles. The van der Waals surface area contributed by atoms with Gasteiger partial charge in [0.25, 0.3) is 11.8 Å². The highest BCUT2D eigenvalue weighted by Gasteiger charge is 2.24. The summed E-state index contributed by atoms with van der Waals surface area (Å²) in [6.45, 7) is 0.822. The number of benzene rings is 1. The second-order valence-electron chi connectivity index (χ2n) is 5.92. The van der Waals surface area contributed by atoms with Crippen molar-refractivity contribution in [2.24, 2.45) is 0 Å². The van der Waals surface area contributed by atoms with Crippen LogP contribution < -0.4 is 5.32 Å². The van der Waals surface area contributed by atoms with Crippen LogP contribution >= 0.6 is 11.8 Å². The van der Waals surface area contributed by atoms with E-state index in [1.807, 2.05) is 12.1 Å². The van der Waals surface area contributed by atoms with E-state index in [9.17, 15) is 13.6 Å². The standard InChI is InChI=1S/C20H17F2N3OS/c1-20(21,22)15-4-2-5-16(12-15)25-18(26)17-6-3-9-24-19(17)27-13-14-7-10-23-11-8-14/h2-12H,13H2,1H3,(H,25,26). The topological polar surface area (TPSA) is 54.9 Å². The minimum atomic E-state index is -2.97. The molecule has 1 aromatic carbocycles. The van der Waals surface area contributed by atoms with Crippen LogP contribution in [0, 0.1) is 0 Å². The van der Waals surface area contributed by atoms with Crippen LogP contribution in [0.25, 0.3) is 0 Å². The Kier molecular flexibility index (Phi) is 5.81. The van der Waals surface area contributed by atoms with E-state index < -0.39 is 11.8 Å². The number of pyridine rings is 2. The van der Waals surface area contributed by atoms with Gasteiger partial charge in [0.2, 0.25) is 0 Å². The molecule has 0 saturated heterocycles. The third-order valence-electron chi connectivity index (χ3n) is 3.77. The fourth-order valence-corrected chi connectivity index (χ4v) is 3.33. The zero-order valence-corrected chi connectivity index (χ0v) is 15.3. The zero-order chi connectivity index (χ0) is 19.3. The lowest BCUT2D eigenvalue weighted by atomic mass is 10.1. The number of alkyl halides is 2. The highest BCUT2D eigenvalue weighted by atomic mass is 32.2. The summed E-state index contributed by atoms with van der Waals surface area (Å²) in [4.78, 5) is 20.9. The Balaban J connectivity index is 1.75. The van der Waals surface area contributed by atoms with Crippen molar-refractivity contribution in [3.05, 3.63) is 83.8 Å². The number of halogens is 2. The predicted molar refractivity (Wildman–Crippen MR) is 102 cm³/mol. The van der Waals surface area contributed by atoms with Crippen molar-refractivity contribution in [1.82, 2.24) is 9.97 Å². The lowest BCUT2D eigenvalue weighted by Gasteiger charge is -2.13. The maximum atomic E-state index is 13.5. The van der Waals surface area contributed by atoms with Gasteiger partial charge in [0.15, 0.2) is 0 Å². The average Bonchev–Trinajstić information content (AvgIpc) is 2.67. The number of hydrogen-bond donors (Lipinski definition) is 1. The quantitative estimate of drug-likeness (QED) is 0.598. The van der Waals surface area contributed by atoms with E-state index in [4.69, 9.17) is 0 Å². The Hall–Kier alpha value is -2.80. The largest absolute Gasteiger partial charge is 0.322 e. The number of thioether (sulfide) groups is 1. The van der Waals surface area contributed by atoms with Crippen molar-refractivity contribution in [2.45, 2.75) is 23.6 Å². The number of nitrogens with one attached hydrogen (secondary N) is 1. The van der Waals surface area contributed by atoms with Crippen LogP contribution in [0.5, 0.6) is 0 Å². The number of rotatable bonds is 6. The SMILES string of the molecule is CC(F)(F)c1cccc(NC(=O)c2cccnc2SCc2ccncc2)c1. The Bertz CT molecular complexity index is 930. The molecule has 0 aliphatic rings. The third kappa shape index (κ3) is 5.10. The molecule has 7 heteroatoms. The normalized spacial score (nSPS) is 11.2. The molecule has 1 amide bonds. The molecule has 0 radical (unpaired) electrons. The number of aromatic nitrogens is 2. The maximum Gasteiger partial charge on any atom is 0.270 e. The van der Waals surface area contributed by atoms with E-state index >= 15 is 0 Å². The van der Waals surface area contributed by atoms with Crippen LogP contribution in [0.2, 0.25) is 0 Å². The highest BCUT2D eigenvalue weighted by Crippen LogP contribution is 2.29. The van der Waals surface area contributed by atoms with Gasteiger partial charge in [0.1, 0.15) is 5.03 Å². The molecule has 0 spiro atoms. The molecule has 138 valence electrons. The highest BCUT2D eigenvalue weighted by molar-refractivity contribution is 7.98. The first-order valence-electron chi connectivity index (χ1n) is 8.20. The first-order chi connectivity index (χ1) is 12.9. The van der Waals surface area contributed by atoms with Gasteiger partial charge in [-0.3, -0.25) is 9.78 Å². The van der Waals surface area contributed by atoms with Crippen molar-refractivity contribution in [2.75, 3.05) is 5.32 Å². The van der Waals surface area contributed by atoms with Gasteiger partial charge in [-0.25, -0.2) is 13.8 Å². The Morgan fingerprint density at radius 1 is 1.11 bits per heavy atom. The second-order valence-corrected chi connectivity index (χ2v) is 6.89. The van der Waals surface area contributed by atoms with E-state index in [2.05, 4.69) is 15.3 Å². The van der Waals surface area contributed by atoms with Gasteiger partial charge >= 0.3 is 0 Å². The van der Waals surface area contributed by atoms with Gasteiger partial charge in [-0.2, -0.15) is 0 Å². The Morgan fingerprint density at radius 3 is 2.63 bits per heavy atom. The van der Waals surface area contributed by atoms with Gasteiger partial charge in [-0.05, 0) is 42.0 Å². The summed E-state index contributed by atoms with van der Waals surface area (Å²) in [6, 6.07) is 12.8. The molecule has 3 rings (SSSR count). The van der Waals surface area contributed by atoms with E-state index in [-0.39, 0.29) is 5.56 Å². The van der Waals surface area contributed by atoms with Gasteiger partial charge in [0.05, 0.1) is 5.56 Å². The van der Waals surface area contributed by atoms with Gasteiger partial charge < -0.3 is 5.32 Å². The van der Waals surface area contributed by atoms with Crippen molar-refractivity contribution >= 4 is 23.4 Å². The number of carbonyl (C=O) groups is 1. The van der Waals surface area contributed by atoms with Crippen LogP contribution in [-0.4, -0.2) is 15.9 Å². The fraction of sp³-hybridized carbons (Fsp3) is 0.150. The summed E-state index contributed by atoms with van der Waals surface area (Å²) in [6.07, 6.45) is 5.03. The summed E-state index contributed by atoms with van der Waals surface area (Å²) in [7, 11) is 0. The molecule has 3 aromatic rings. The lowest BCUT2D eigenvalue weighted by molar-refractivity contribution is 0.0175. The van der Waals surface area contributed by atoms with E-state index in [0.29, 0.717) is 22.0 Å². The predicted octanol–water partition coefficient (Wildman–Crippen LogP) is 5.13. The Labute approximate surface area is 160 Å².